The summed E-state index contributed by atoms with van der Waals surface area (Å²) in [5, 5.41) is 3.33. The number of carbonyl (C=O) groups is 1. The summed E-state index contributed by atoms with van der Waals surface area (Å²) in [5.74, 6) is 0.219. The molecule has 0 aliphatic carbocycles. The predicted octanol–water partition coefficient (Wildman–Crippen LogP) is 5.09. The number of fused-ring (bicyclic) bond motifs is 1. The van der Waals surface area contributed by atoms with Crippen LogP contribution in [0.15, 0.2) is 47.3 Å². The lowest BCUT2D eigenvalue weighted by atomic mass is 10.2. The summed E-state index contributed by atoms with van der Waals surface area (Å²) in [7, 11) is 0. The van der Waals surface area contributed by atoms with Gasteiger partial charge in [0, 0.05) is 11.7 Å². The van der Waals surface area contributed by atoms with Crippen molar-refractivity contribution in [2.45, 2.75) is 39.3 Å². The van der Waals surface area contributed by atoms with Crippen molar-refractivity contribution in [3.05, 3.63) is 57.2 Å². The van der Waals surface area contributed by atoms with Gasteiger partial charge in [0.25, 0.3) is 5.91 Å². The van der Waals surface area contributed by atoms with Crippen molar-refractivity contribution in [3.63, 3.8) is 0 Å². The maximum Gasteiger partial charge on any atom is 0.308 e. The van der Waals surface area contributed by atoms with E-state index >= 15 is 0 Å². The van der Waals surface area contributed by atoms with Gasteiger partial charge in [0.05, 0.1) is 15.2 Å². The minimum absolute atomic E-state index is 0.00281. The van der Waals surface area contributed by atoms with Gasteiger partial charge >= 0.3 is 4.87 Å². The Morgan fingerprint density at radius 1 is 1.26 bits per heavy atom. The summed E-state index contributed by atoms with van der Waals surface area (Å²) < 4.78 is 8.37. The number of ether oxygens (including phenoxy) is 1. The fourth-order valence-electron chi connectivity index (χ4n) is 2.84. The van der Waals surface area contributed by atoms with Gasteiger partial charge in [-0.1, -0.05) is 42.0 Å². The molecule has 1 atom stereocenters. The third kappa shape index (κ3) is 4.17. The van der Waals surface area contributed by atoms with Crippen molar-refractivity contribution in [1.29, 1.82) is 0 Å². The average Bonchev–Trinajstić information content (AvgIpc) is 2.96. The number of aromatic nitrogens is 1. The molecule has 0 radical (unpaired) electrons. The quantitative estimate of drug-likeness (QED) is 0.622. The molecule has 1 unspecified atom stereocenters. The minimum Gasteiger partial charge on any atom is -0.479 e. The molecule has 0 spiro atoms. The standard InChI is InChI=1S/C20H21ClN2O3S/c1-4-16(26-17-8-6-5-7-14(17)21)19(24)22-13-9-10-15-18(11-13)27-20(25)23(15)12(2)3/h5-12,16H,4H2,1-3H3,(H,22,24). The van der Waals surface area contributed by atoms with Crippen LogP contribution in [0.5, 0.6) is 5.75 Å². The Morgan fingerprint density at radius 2 is 2.00 bits per heavy atom. The molecule has 1 heterocycles. The van der Waals surface area contributed by atoms with E-state index in [4.69, 9.17) is 16.3 Å². The second-order valence-electron chi connectivity index (χ2n) is 6.45. The van der Waals surface area contributed by atoms with E-state index in [1.54, 1.807) is 34.9 Å². The second-order valence-corrected chi connectivity index (χ2v) is 7.85. The highest BCUT2D eigenvalue weighted by atomic mass is 35.5. The van der Waals surface area contributed by atoms with Crippen molar-refractivity contribution in [3.8, 4) is 5.75 Å². The predicted molar refractivity (Wildman–Crippen MR) is 111 cm³/mol. The van der Waals surface area contributed by atoms with Crippen LogP contribution in [0.3, 0.4) is 0 Å². The molecule has 3 rings (SSSR count). The van der Waals surface area contributed by atoms with E-state index in [2.05, 4.69) is 5.32 Å². The number of rotatable bonds is 6. The third-order valence-electron chi connectivity index (χ3n) is 4.17. The summed E-state index contributed by atoms with van der Waals surface area (Å²) in [5.41, 5.74) is 1.50. The van der Waals surface area contributed by atoms with E-state index in [0.29, 0.717) is 22.9 Å². The summed E-state index contributed by atoms with van der Waals surface area (Å²) >= 11 is 7.29. The van der Waals surface area contributed by atoms with E-state index in [9.17, 15) is 9.59 Å². The summed E-state index contributed by atoms with van der Waals surface area (Å²) in [6.07, 6.45) is -0.171. The molecule has 1 aromatic heterocycles. The van der Waals surface area contributed by atoms with Crippen LogP contribution < -0.4 is 14.9 Å². The third-order valence-corrected chi connectivity index (χ3v) is 5.40. The highest BCUT2D eigenvalue weighted by Crippen LogP contribution is 2.26. The van der Waals surface area contributed by atoms with E-state index < -0.39 is 6.10 Å². The van der Waals surface area contributed by atoms with Gasteiger partial charge in [-0.2, -0.15) is 0 Å². The first-order valence-corrected chi connectivity index (χ1v) is 9.97. The zero-order valence-electron chi connectivity index (χ0n) is 15.4. The van der Waals surface area contributed by atoms with Crippen molar-refractivity contribution >= 4 is 44.7 Å². The van der Waals surface area contributed by atoms with E-state index in [1.807, 2.05) is 32.9 Å². The Hall–Kier alpha value is -2.31. The van der Waals surface area contributed by atoms with Crippen LogP contribution in [0.1, 0.15) is 33.2 Å². The smallest absolute Gasteiger partial charge is 0.308 e. The molecule has 1 N–H and O–H groups in total. The first-order chi connectivity index (χ1) is 12.9. The van der Waals surface area contributed by atoms with Crippen molar-refractivity contribution < 1.29 is 9.53 Å². The van der Waals surface area contributed by atoms with Crippen molar-refractivity contribution in [1.82, 2.24) is 4.57 Å². The SMILES string of the molecule is CCC(Oc1ccccc1Cl)C(=O)Nc1ccc2c(c1)sc(=O)n2C(C)C. The first-order valence-electron chi connectivity index (χ1n) is 8.77. The van der Waals surface area contributed by atoms with Gasteiger partial charge in [0.2, 0.25) is 0 Å². The Kier molecular flexibility index (Phi) is 5.87. The van der Waals surface area contributed by atoms with Crippen LogP contribution in [-0.2, 0) is 4.79 Å². The maximum atomic E-state index is 12.6. The van der Waals surface area contributed by atoms with Crippen LogP contribution in [0, 0.1) is 0 Å². The normalized spacial score (nSPS) is 12.3. The van der Waals surface area contributed by atoms with Gasteiger partial charge in [0.15, 0.2) is 6.10 Å². The number of nitrogens with zero attached hydrogens (tertiary/aromatic N) is 1. The second kappa shape index (κ2) is 8.15. The topological polar surface area (TPSA) is 60.3 Å². The Labute approximate surface area is 166 Å². The van der Waals surface area contributed by atoms with Crippen LogP contribution in [0.4, 0.5) is 5.69 Å². The van der Waals surface area contributed by atoms with Crippen molar-refractivity contribution in [2.24, 2.45) is 0 Å². The average molecular weight is 405 g/mol. The van der Waals surface area contributed by atoms with Crippen LogP contribution in [0.2, 0.25) is 5.02 Å². The highest BCUT2D eigenvalue weighted by Gasteiger charge is 2.20. The summed E-state index contributed by atoms with van der Waals surface area (Å²) in [6, 6.07) is 12.6. The Morgan fingerprint density at radius 3 is 2.67 bits per heavy atom. The largest absolute Gasteiger partial charge is 0.479 e. The number of halogens is 1. The molecule has 3 aromatic rings. The van der Waals surface area contributed by atoms with E-state index in [-0.39, 0.29) is 16.8 Å². The van der Waals surface area contributed by atoms with Crippen LogP contribution in [0.25, 0.3) is 10.2 Å². The summed E-state index contributed by atoms with van der Waals surface area (Å²) in [4.78, 5) is 24.8. The number of hydrogen-bond donors (Lipinski definition) is 1. The molecule has 7 heteroatoms. The summed E-state index contributed by atoms with van der Waals surface area (Å²) in [6.45, 7) is 5.82. The molecule has 2 aromatic carbocycles. The zero-order chi connectivity index (χ0) is 19.6. The molecule has 142 valence electrons. The number of para-hydroxylation sites is 1. The van der Waals surface area contributed by atoms with Crippen LogP contribution >= 0.6 is 22.9 Å². The lowest BCUT2D eigenvalue weighted by Crippen LogP contribution is -2.32. The molecular formula is C20H21ClN2O3S. The number of thiazole rings is 1. The van der Waals surface area contributed by atoms with Crippen LogP contribution in [-0.4, -0.2) is 16.6 Å². The molecule has 0 saturated heterocycles. The number of carbonyl (C=O) groups excluding carboxylic acids is 1. The first kappa shape index (κ1) is 19.5. The number of nitrogens with one attached hydrogen (secondary N) is 1. The van der Waals surface area contributed by atoms with E-state index in [0.717, 1.165) is 10.2 Å². The molecule has 5 nitrogen and oxygen atoms in total. The molecule has 0 saturated carbocycles. The van der Waals surface area contributed by atoms with Gasteiger partial charge in [-0.25, -0.2) is 0 Å². The van der Waals surface area contributed by atoms with Gasteiger partial charge in [-0.3, -0.25) is 14.2 Å². The lowest BCUT2D eigenvalue weighted by molar-refractivity contribution is -0.122. The molecule has 0 fully saturated rings. The molecular weight excluding hydrogens is 384 g/mol. The fraction of sp³-hybridized carbons (Fsp3) is 0.300. The molecule has 0 aliphatic heterocycles. The minimum atomic E-state index is -0.667. The number of amides is 1. The highest BCUT2D eigenvalue weighted by molar-refractivity contribution is 7.16. The zero-order valence-corrected chi connectivity index (χ0v) is 16.9. The monoisotopic (exact) mass is 404 g/mol. The number of hydrogen-bond acceptors (Lipinski definition) is 4. The van der Waals surface area contributed by atoms with Gasteiger partial charge in [-0.05, 0) is 50.6 Å². The molecule has 0 bridgehead atoms. The van der Waals surface area contributed by atoms with Gasteiger partial charge < -0.3 is 10.1 Å². The lowest BCUT2D eigenvalue weighted by Gasteiger charge is -2.18. The van der Waals surface area contributed by atoms with E-state index in [1.165, 1.54) is 11.3 Å². The number of benzene rings is 2. The molecule has 27 heavy (non-hydrogen) atoms. The maximum absolute atomic E-state index is 12.6. The number of anilines is 1. The fourth-order valence-corrected chi connectivity index (χ4v) is 4.07. The Balaban J connectivity index is 1.80. The molecule has 0 aliphatic rings. The van der Waals surface area contributed by atoms with Gasteiger partial charge in [-0.15, -0.1) is 0 Å². The molecule has 1 amide bonds. The Bertz CT molecular complexity index is 1030. The van der Waals surface area contributed by atoms with Gasteiger partial charge in [0.1, 0.15) is 5.75 Å². The van der Waals surface area contributed by atoms with Crippen molar-refractivity contribution in [2.75, 3.05) is 5.32 Å².